The summed E-state index contributed by atoms with van der Waals surface area (Å²) in [4.78, 5) is 37.3. The number of unbranched alkanes of at least 4 members (excludes halogenated alkanes) is 24. The van der Waals surface area contributed by atoms with Crippen LogP contribution in [-0.4, -0.2) is 58.0 Å². The van der Waals surface area contributed by atoms with Gasteiger partial charge in [0.05, 0.1) is 6.61 Å². The fourth-order valence-electron chi connectivity index (χ4n) is 7.52. The molecule has 1 rings (SSSR count). The number of hydrogen-bond acceptors (Lipinski definition) is 8. The van der Waals surface area contributed by atoms with E-state index < -0.39 is 14.6 Å². The minimum Gasteiger partial charge on any atom is -0.462 e. The monoisotopic (exact) mass is 821 g/mol. The first-order chi connectivity index (χ1) is 27.7. The standard InChI is InChI=1S/C48H89N2O6P/c1-7-9-11-13-15-17-19-21-23-25-27-29-34-38-47(51)54-41-46(56-48(52)39-35-30-28-26-24-22-20-18-16-14-12-10-8-2)42-55-57(53)49(50(43(3)4)44(5)6)40-45-36-32-31-33-37-45/h31-33,36-37,43-44,46,53H,7-30,34-35,38-42H2,1-6H3/t46-,57?/m0/s1. The van der Waals surface area contributed by atoms with E-state index in [4.69, 9.17) is 14.0 Å². The smallest absolute Gasteiger partial charge is 0.306 e. The van der Waals surface area contributed by atoms with Gasteiger partial charge in [0.2, 0.25) is 0 Å². The lowest BCUT2D eigenvalue weighted by Crippen LogP contribution is -2.47. The average molecular weight is 821 g/mol. The van der Waals surface area contributed by atoms with Crippen molar-refractivity contribution in [3.05, 3.63) is 35.9 Å². The van der Waals surface area contributed by atoms with Crippen molar-refractivity contribution in [3.63, 3.8) is 0 Å². The van der Waals surface area contributed by atoms with Gasteiger partial charge < -0.3 is 18.9 Å². The third-order valence-electron chi connectivity index (χ3n) is 10.8. The number of benzene rings is 1. The molecule has 2 atom stereocenters. The molecule has 1 unspecified atom stereocenters. The molecule has 57 heavy (non-hydrogen) atoms. The second-order valence-electron chi connectivity index (χ2n) is 16.9. The fraction of sp³-hybridized carbons (Fsp3) is 0.833. The van der Waals surface area contributed by atoms with Gasteiger partial charge in [0.15, 0.2) is 6.10 Å². The van der Waals surface area contributed by atoms with E-state index >= 15 is 0 Å². The molecular weight excluding hydrogens is 732 g/mol. The van der Waals surface area contributed by atoms with Crippen molar-refractivity contribution in [2.24, 2.45) is 0 Å². The van der Waals surface area contributed by atoms with E-state index in [1.807, 2.05) is 35.1 Å². The van der Waals surface area contributed by atoms with Gasteiger partial charge in [-0.3, -0.25) is 9.59 Å². The van der Waals surface area contributed by atoms with Crippen molar-refractivity contribution in [2.45, 2.75) is 246 Å². The first-order valence-electron chi connectivity index (χ1n) is 23.8. The second-order valence-corrected chi connectivity index (χ2v) is 18.1. The zero-order valence-electron chi connectivity index (χ0n) is 37.9. The van der Waals surface area contributed by atoms with Crippen LogP contribution in [0.15, 0.2) is 30.3 Å². The molecule has 0 fully saturated rings. The van der Waals surface area contributed by atoms with E-state index in [2.05, 4.69) is 46.6 Å². The third kappa shape index (κ3) is 30.2. The molecule has 9 heteroatoms. The molecule has 0 bridgehead atoms. The summed E-state index contributed by atoms with van der Waals surface area (Å²) in [5, 5.41) is 2.13. The fourth-order valence-corrected chi connectivity index (χ4v) is 8.82. The van der Waals surface area contributed by atoms with E-state index in [1.165, 1.54) is 128 Å². The quantitative estimate of drug-likeness (QED) is 0.0303. The van der Waals surface area contributed by atoms with E-state index in [0.717, 1.165) is 44.1 Å². The molecule has 0 saturated heterocycles. The Labute approximate surface area is 352 Å². The lowest BCUT2D eigenvalue weighted by molar-refractivity contribution is -0.161. The first-order valence-corrected chi connectivity index (χ1v) is 24.9. The summed E-state index contributed by atoms with van der Waals surface area (Å²) < 4.78 is 19.5. The summed E-state index contributed by atoms with van der Waals surface area (Å²) in [6.45, 7) is 13.2. The Bertz CT molecular complexity index is 1050. The molecular formula is C48H89N2O6P. The number of ether oxygens (including phenoxy) is 2. The topological polar surface area (TPSA) is 88.5 Å². The van der Waals surface area contributed by atoms with Gasteiger partial charge in [0.1, 0.15) is 6.61 Å². The molecule has 0 aromatic heterocycles. The SMILES string of the molecule is CCCCCCCCCCCCCCCC(=O)OC[C@@H](COP(O)N(Cc1ccccc1)N(C(C)C)C(C)C)OC(=O)CCCCCCCCCCCCCCC. The van der Waals surface area contributed by atoms with Crippen molar-refractivity contribution >= 4 is 20.5 Å². The van der Waals surface area contributed by atoms with Crippen LogP contribution in [0.1, 0.15) is 227 Å². The molecule has 0 radical (unpaired) electrons. The van der Waals surface area contributed by atoms with E-state index in [1.54, 1.807) is 0 Å². The highest BCUT2D eigenvalue weighted by atomic mass is 31.2. The van der Waals surface area contributed by atoms with Crippen LogP contribution in [0.2, 0.25) is 0 Å². The Kier molecular flexibility index (Phi) is 35.1. The van der Waals surface area contributed by atoms with Crippen LogP contribution < -0.4 is 0 Å². The van der Waals surface area contributed by atoms with Gasteiger partial charge >= 0.3 is 11.9 Å². The summed E-state index contributed by atoms with van der Waals surface area (Å²) in [5.74, 6) is -0.591. The molecule has 0 aliphatic heterocycles. The van der Waals surface area contributed by atoms with Crippen LogP contribution in [-0.2, 0) is 30.1 Å². The van der Waals surface area contributed by atoms with E-state index in [0.29, 0.717) is 19.4 Å². The molecule has 0 spiro atoms. The Morgan fingerprint density at radius 3 is 1.35 bits per heavy atom. The molecule has 1 aromatic rings. The number of carbonyl (C=O) groups is 2. The molecule has 0 aliphatic rings. The van der Waals surface area contributed by atoms with Gasteiger partial charge in [-0.1, -0.05) is 198 Å². The van der Waals surface area contributed by atoms with Crippen LogP contribution in [0.3, 0.4) is 0 Å². The summed E-state index contributed by atoms with van der Waals surface area (Å²) >= 11 is 0. The van der Waals surface area contributed by atoms with Crippen molar-refractivity contribution in [2.75, 3.05) is 13.2 Å². The number of esters is 2. The van der Waals surface area contributed by atoms with Crippen LogP contribution >= 0.6 is 8.53 Å². The zero-order valence-corrected chi connectivity index (χ0v) is 38.8. The summed E-state index contributed by atoms with van der Waals surface area (Å²) in [6.07, 6.45) is 32.3. The van der Waals surface area contributed by atoms with Crippen molar-refractivity contribution in [1.82, 2.24) is 9.79 Å². The molecule has 8 nitrogen and oxygen atoms in total. The molecule has 1 aromatic carbocycles. The first kappa shape index (κ1) is 53.4. The maximum atomic E-state index is 13.0. The molecule has 0 amide bonds. The van der Waals surface area contributed by atoms with Crippen molar-refractivity contribution in [1.29, 1.82) is 0 Å². The van der Waals surface area contributed by atoms with Gasteiger partial charge in [-0.25, -0.2) is 5.01 Å². The minimum atomic E-state index is -2.08. The summed E-state index contributed by atoms with van der Waals surface area (Å²) in [7, 11) is -2.08. The Hall–Kier alpha value is -1.57. The van der Waals surface area contributed by atoms with Gasteiger partial charge in [0.25, 0.3) is 8.53 Å². The van der Waals surface area contributed by atoms with Crippen LogP contribution in [0, 0.1) is 0 Å². The second kappa shape index (κ2) is 37.4. The Morgan fingerprint density at radius 1 is 0.561 bits per heavy atom. The van der Waals surface area contributed by atoms with Crippen molar-refractivity contribution in [3.8, 4) is 0 Å². The Balaban J connectivity index is 2.59. The predicted molar refractivity (Wildman–Crippen MR) is 241 cm³/mol. The maximum absolute atomic E-state index is 13.0. The number of carbonyl (C=O) groups excluding carboxylic acids is 2. The maximum Gasteiger partial charge on any atom is 0.306 e. The van der Waals surface area contributed by atoms with Crippen LogP contribution in [0.25, 0.3) is 0 Å². The van der Waals surface area contributed by atoms with Gasteiger partial charge in [-0.15, -0.1) is 0 Å². The number of hydrazine groups is 1. The number of rotatable bonds is 40. The summed E-state index contributed by atoms with van der Waals surface area (Å²) in [6, 6.07) is 10.3. The minimum absolute atomic E-state index is 0.0616. The van der Waals surface area contributed by atoms with Crippen LogP contribution in [0.5, 0.6) is 0 Å². The highest BCUT2D eigenvalue weighted by Crippen LogP contribution is 2.41. The number of hydrogen-bond donors (Lipinski definition) is 1. The van der Waals surface area contributed by atoms with Crippen molar-refractivity contribution < 1.29 is 28.5 Å². The van der Waals surface area contributed by atoms with E-state index in [-0.39, 0.29) is 37.2 Å². The average Bonchev–Trinajstić information content (AvgIpc) is 3.19. The Morgan fingerprint density at radius 2 is 0.947 bits per heavy atom. The van der Waals surface area contributed by atoms with Gasteiger partial charge in [0, 0.05) is 31.5 Å². The highest BCUT2D eigenvalue weighted by molar-refractivity contribution is 7.43. The lowest BCUT2D eigenvalue weighted by Gasteiger charge is -2.42. The third-order valence-corrected chi connectivity index (χ3v) is 11.9. The molecule has 1 N–H and O–H groups in total. The zero-order chi connectivity index (χ0) is 41.8. The highest BCUT2D eigenvalue weighted by Gasteiger charge is 2.31. The molecule has 0 heterocycles. The molecule has 0 aliphatic carbocycles. The lowest BCUT2D eigenvalue weighted by atomic mass is 10.0. The summed E-state index contributed by atoms with van der Waals surface area (Å²) in [5.41, 5.74) is 1.05. The largest absolute Gasteiger partial charge is 0.462 e. The predicted octanol–water partition coefficient (Wildman–Crippen LogP) is 14.2. The van der Waals surface area contributed by atoms with Gasteiger partial charge in [-0.05, 0) is 46.1 Å². The molecule has 0 saturated carbocycles. The van der Waals surface area contributed by atoms with Gasteiger partial charge in [-0.2, -0.15) is 4.78 Å². The molecule has 332 valence electrons. The number of nitrogens with zero attached hydrogens (tertiary/aromatic N) is 2. The normalized spacial score (nSPS) is 12.9. The van der Waals surface area contributed by atoms with E-state index in [9.17, 15) is 14.5 Å². The van der Waals surface area contributed by atoms with Crippen LogP contribution in [0.4, 0.5) is 0 Å².